The van der Waals surface area contributed by atoms with Gasteiger partial charge in [0, 0.05) is 12.6 Å². The van der Waals surface area contributed by atoms with Crippen LogP contribution in [-0.4, -0.2) is 43.8 Å². The second kappa shape index (κ2) is 5.10. The van der Waals surface area contributed by atoms with Gasteiger partial charge in [0.1, 0.15) is 0 Å². The van der Waals surface area contributed by atoms with Crippen molar-refractivity contribution in [3.05, 3.63) is 0 Å². The van der Waals surface area contributed by atoms with Crippen molar-refractivity contribution >= 4 is 0 Å². The lowest BCUT2D eigenvalue weighted by Crippen LogP contribution is -2.46. The fraction of sp³-hybridized carbons (Fsp3) is 1.00. The van der Waals surface area contributed by atoms with Gasteiger partial charge in [-0.15, -0.1) is 0 Å². The van der Waals surface area contributed by atoms with Gasteiger partial charge in [-0.05, 0) is 51.2 Å². The van der Waals surface area contributed by atoms with Gasteiger partial charge in [0.2, 0.25) is 0 Å². The summed E-state index contributed by atoms with van der Waals surface area (Å²) >= 11 is 0. The number of likely N-dealkylation sites (tertiary alicyclic amines) is 1. The van der Waals surface area contributed by atoms with Crippen LogP contribution >= 0.6 is 0 Å². The molecule has 0 spiro atoms. The van der Waals surface area contributed by atoms with Gasteiger partial charge < -0.3 is 10.5 Å². The fourth-order valence-electron chi connectivity index (χ4n) is 2.57. The zero-order valence-corrected chi connectivity index (χ0v) is 8.95. The van der Waals surface area contributed by atoms with E-state index in [2.05, 4.69) is 4.90 Å². The number of hydrogen-bond donors (Lipinski definition) is 1. The van der Waals surface area contributed by atoms with Gasteiger partial charge in [-0.3, -0.25) is 4.90 Å². The first kappa shape index (κ1) is 10.4. The molecule has 1 atom stereocenters. The summed E-state index contributed by atoms with van der Waals surface area (Å²) < 4.78 is 5.52. The smallest absolute Gasteiger partial charge is 0.0621 e. The molecular weight excluding hydrogens is 176 g/mol. The third-order valence-corrected chi connectivity index (χ3v) is 3.64. The Morgan fingerprint density at radius 3 is 2.57 bits per heavy atom. The van der Waals surface area contributed by atoms with E-state index in [1.807, 2.05) is 0 Å². The van der Waals surface area contributed by atoms with Gasteiger partial charge in [0.25, 0.3) is 0 Å². The SMILES string of the molecule is NCC1CCN(C2CCCOC2)CC1. The molecule has 2 aliphatic rings. The monoisotopic (exact) mass is 198 g/mol. The van der Waals surface area contributed by atoms with Crippen molar-refractivity contribution in [1.29, 1.82) is 0 Å². The highest BCUT2D eigenvalue weighted by molar-refractivity contribution is 4.80. The van der Waals surface area contributed by atoms with E-state index in [1.54, 1.807) is 0 Å². The molecule has 1 unspecified atom stereocenters. The Labute approximate surface area is 86.6 Å². The summed E-state index contributed by atoms with van der Waals surface area (Å²) in [5.41, 5.74) is 5.68. The molecule has 2 saturated heterocycles. The van der Waals surface area contributed by atoms with Crippen LogP contribution in [0.25, 0.3) is 0 Å². The van der Waals surface area contributed by atoms with Crippen molar-refractivity contribution in [3.8, 4) is 0 Å². The van der Waals surface area contributed by atoms with Gasteiger partial charge in [-0.25, -0.2) is 0 Å². The van der Waals surface area contributed by atoms with Gasteiger partial charge in [-0.1, -0.05) is 0 Å². The Kier molecular flexibility index (Phi) is 3.79. The van der Waals surface area contributed by atoms with E-state index in [0.29, 0.717) is 6.04 Å². The summed E-state index contributed by atoms with van der Waals surface area (Å²) in [5.74, 6) is 0.774. The molecule has 0 bridgehead atoms. The molecule has 2 aliphatic heterocycles. The Balaban J connectivity index is 1.76. The summed E-state index contributed by atoms with van der Waals surface area (Å²) in [6, 6.07) is 0.697. The van der Waals surface area contributed by atoms with E-state index in [0.717, 1.165) is 25.7 Å². The molecule has 0 radical (unpaired) electrons. The quantitative estimate of drug-likeness (QED) is 0.714. The molecule has 0 aromatic carbocycles. The molecule has 2 heterocycles. The van der Waals surface area contributed by atoms with Crippen molar-refractivity contribution in [2.24, 2.45) is 11.7 Å². The van der Waals surface area contributed by atoms with Gasteiger partial charge in [-0.2, -0.15) is 0 Å². The van der Waals surface area contributed by atoms with Crippen LogP contribution < -0.4 is 5.73 Å². The van der Waals surface area contributed by atoms with Crippen molar-refractivity contribution in [1.82, 2.24) is 4.90 Å². The van der Waals surface area contributed by atoms with E-state index in [4.69, 9.17) is 10.5 Å². The lowest BCUT2D eigenvalue weighted by atomic mass is 9.95. The Bertz CT molecular complexity index is 161. The van der Waals surface area contributed by atoms with Crippen LogP contribution in [0.5, 0.6) is 0 Å². The summed E-state index contributed by atoms with van der Waals surface area (Å²) in [6.45, 7) is 5.25. The Hall–Kier alpha value is -0.120. The molecule has 3 heteroatoms. The Morgan fingerprint density at radius 2 is 2.00 bits per heavy atom. The minimum Gasteiger partial charge on any atom is -0.380 e. The molecule has 0 saturated carbocycles. The second-order valence-corrected chi connectivity index (χ2v) is 4.59. The van der Waals surface area contributed by atoms with Crippen molar-refractivity contribution in [3.63, 3.8) is 0 Å². The highest BCUT2D eigenvalue weighted by atomic mass is 16.5. The molecule has 2 N–H and O–H groups in total. The molecule has 82 valence electrons. The molecule has 0 aliphatic carbocycles. The van der Waals surface area contributed by atoms with Crippen LogP contribution in [0.3, 0.4) is 0 Å². The van der Waals surface area contributed by atoms with E-state index < -0.39 is 0 Å². The standard InChI is InChI=1S/C11H22N2O/c12-8-10-3-5-13(6-4-10)11-2-1-7-14-9-11/h10-11H,1-9,12H2. The summed E-state index contributed by atoms with van der Waals surface area (Å²) in [4.78, 5) is 2.60. The predicted molar refractivity (Wildman–Crippen MR) is 57.2 cm³/mol. The molecule has 2 fully saturated rings. The number of nitrogens with zero attached hydrogens (tertiary/aromatic N) is 1. The first-order valence-corrected chi connectivity index (χ1v) is 5.92. The highest BCUT2D eigenvalue weighted by Gasteiger charge is 2.25. The molecule has 0 aromatic heterocycles. The van der Waals surface area contributed by atoms with E-state index >= 15 is 0 Å². The van der Waals surface area contributed by atoms with Gasteiger partial charge in [0.05, 0.1) is 6.61 Å². The molecule has 14 heavy (non-hydrogen) atoms. The third kappa shape index (κ3) is 2.47. The van der Waals surface area contributed by atoms with Crippen LogP contribution in [0.1, 0.15) is 25.7 Å². The van der Waals surface area contributed by atoms with Crippen LogP contribution in [0, 0.1) is 5.92 Å². The molecule has 0 amide bonds. The number of nitrogens with two attached hydrogens (primary N) is 1. The van der Waals surface area contributed by atoms with Crippen LogP contribution in [0.4, 0.5) is 0 Å². The second-order valence-electron chi connectivity index (χ2n) is 4.59. The van der Waals surface area contributed by atoms with E-state index in [9.17, 15) is 0 Å². The number of piperidine rings is 1. The lowest BCUT2D eigenvalue weighted by molar-refractivity contribution is 0.00547. The lowest BCUT2D eigenvalue weighted by Gasteiger charge is -2.38. The summed E-state index contributed by atoms with van der Waals surface area (Å²) in [7, 11) is 0. The minimum absolute atomic E-state index is 0.697. The maximum atomic E-state index is 5.68. The zero-order valence-electron chi connectivity index (χ0n) is 8.95. The fourth-order valence-corrected chi connectivity index (χ4v) is 2.57. The maximum absolute atomic E-state index is 5.68. The minimum atomic E-state index is 0.697. The van der Waals surface area contributed by atoms with Gasteiger partial charge >= 0.3 is 0 Å². The van der Waals surface area contributed by atoms with Gasteiger partial charge in [0.15, 0.2) is 0 Å². The summed E-state index contributed by atoms with van der Waals surface area (Å²) in [5, 5.41) is 0. The molecular formula is C11H22N2O. The largest absolute Gasteiger partial charge is 0.380 e. The average Bonchev–Trinajstić information content (AvgIpc) is 2.30. The zero-order chi connectivity index (χ0) is 9.80. The van der Waals surface area contributed by atoms with E-state index in [-0.39, 0.29) is 0 Å². The maximum Gasteiger partial charge on any atom is 0.0621 e. The first-order valence-electron chi connectivity index (χ1n) is 5.92. The number of hydrogen-bond acceptors (Lipinski definition) is 3. The van der Waals surface area contributed by atoms with Crippen molar-refractivity contribution in [2.75, 3.05) is 32.8 Å². The summed E-state index contributed by atoms with van der Waals surface area (Å²) in [6.07, 6.45) is 5.13. The molecule has 2 rings (SSSR count). The number of rotatable bonds is 2. The molecule has 3 nitrogen and oxygen atoms in total. The van der Waals surface area contributed by atoms with Crippen LogP contribution in [0.2, 0.25) is 0 Å². The predicted octanol–water partition coefficient (Wildman–Crippen LogP) is 0.836. The highest BCUT2D eigenvalue weighted by Crippen LogP contribution is 2.21. The normalized spacial score (nSPS) is 31.9. The Morgan fingerprint density at radius 1 is 1.21 bits per heavy atom. The van der Waals surface area contributed by atoms with Crippen molar-refractivity contribution in [2.45, 2.75) is 31.7 Å². The van der Waals surface area contributed by atoms with Crippen molar-refractivity contribution < 1.29 is 4.74 Å². The topological polar surface area (TPSA) is 38.5 Å². The van der Waals surface area contributed by atoms with Crippen LogP contribution in [-0.2, 0) is 4.74 Å². The first-order chi connectivity index (χ1) is 6.90. The third-order valence-electron chi connectivity index (χ3n) is 3.64. The molecule has 0 aromatic rings. The van der Waals surface area contributed by atoms with E-state index in [1.165, 1.54) is 38.8 Å². The van der Waals surface area contributed by atoms with Crippen LogP contribution in [0.15, 0.2) is 0 Å². The average molecular weight is 198 g/mol. The number of ether oxygens (including phenoxy) is 1.